The van der Waals surface area contributed by atoms with Gasteiger partial charge < -0.3 is 29.3 Å². The Hall–Kier alpha value is -2.25. The number of phosphoric acid groups is 2. The number of esters is 2. The summed E-state index contributed by atoms with van der Waals surface area (Å²) in [4.78, 5) is 64.6. The molecule has 1 unspecified atom stereocenters. The number of hydrogen-bond donors (Lipinski definition) is 4. The normalized spacial score (nSPS) is 14.2. The fourth-order valence-electron chi connectivity index (χ4n) is 6.78. The first-order chi connectivity index (χ1) is 31.6. The minimum absolute atomic E-state index is 0.0299. The maximum absolute atomic E-state index is 12.7. The van der Waals surface area contributed by atoms with Gasteiger partial charge in [0.05, 0.1) is 19.8 Å². The van der Waals surface area contributed by atoms with E-state index in [1.807, 2.05) is 36.5 Å². The number of ketones is 1. The molecule has 0 aliphatic carbocycles. The van der Waals surface area contributed by atoms with Crippen molar-refractivity contribution in [3.05, 3.63) is 48.6 Å². The van der Waals surface area contributed by atoms with Crippen LogP contribution < -0.4 is 0 Å². The lowest BCUT2D eigenvalue weighted by atomic mass is 10.0. The number of phosphoric ester groups is 2. The molecule has 0 bridgehead atoms. The minimum Gasteiger partial charge on any atom is -0.462 e. The van der Waals surface area contributed by atoms with Crippen molar-refractivity contribution in [3.8, 4) is 0 Å². The molecule has 66 heavy (non-hydrogen) atoms. The van der Waals surface area contributed by atoms with Gasteiger partial charge in [0.15, 0.2) is 11.9 Å². The molecule has 384 valence electrons. The second kappa shape index (κ2) is 44.0. The van der Waals surface area contributed by atoms with Crippen molar-refractivity contribution in [1.29, 1.82) is 0 Å². The first-order valence-corrected chi connectivity index (χ1v) is 28.2. The van der Waals surface area contributed by atoms with E-state index in [1.165, 1.54) is 96.3 Å². The zero-order chi connectivity index (χ0) is 49.0. The molecule has 14 nitrogen and oxygen atoms in total. The lowest BCUT2D eigenvalue weighted by Crippen LogP contribution is -2.29. The molecule has 0 aliphatic heterocycles. The Morgan fingerprint density at radius 2 is 1.02 bits per heavy atom. The second-order valence-electron chi connectivity index (χ2n) is 17.6. The van der Waals surface area contributed by atoms with Crippen LogP contribution in [0.15, 0.2) is 48.6 Å². The van der Waals surface area contributed by atoms with Crippen molar-refractivity contribution in [2.45, 2.75) is 219 Å². The molecule has 0 rings (SSSR count). The summed E-state index contributed by atoms with van der Waals surface area (Å²) in [6, 6.07) is 0. The number of carbonyl (C=O) groups excluding carboxylic acids is 3. The molecule has 16 heteroatoms. The number of unbranched alkanes of at least 4 members (excludes halogenated alkanes) is 20. The highest BCUT2D eigenvalue weighted by molar-refractivity contribution is 7.47. The first-order valence-electron chi connectivity index (χ1n) is 25.1. The van der Waals surface area contributed by atoms with Gasteiger partial charge in [-0.1, -0.05) is 192 Å². The Bertz CT molecular complexity index is 1420. The monoisotopic (exact) mass is 977 g/mol. The summed E-state index contributed by atoms with van der Waals surface area (Å²) in [5, 5.41) is 9.77. The molecule has 4 N–H and O–H groups in total. The summed E-state index contributed by atoms with van der Waals surface area (Å²) in [5.41, 5.74) is 0. The Labute approximate surface area is 398 Å². The van der Waals surface area contributed by atoms with Gasteiger partial charge in [0.2, 0.25) is 0 Å². The van der Waals surface area contributed by atoms with E-state index in [4.69, 9.17) is 23.8 Å². The van der Waals surface area contributed by atoms with Crippen molar-refractivity contribution in [2.75, 3.05) is 26.4 Å². The first kappa shape index (κ1) is 63.8. The van der Waals surface area contributed by atoms with E-state index in [2.05, 4.69) is 29.8 Å². The van der Waals surface area contributed by atoms with E-state index in [0.717, 1.165) is 50.9 Å². The van der Waals surface area contributed by atoms with Crippen LogP contribution in [0.25, 0.3) is 0 Å². The Kier molecular flexibility index (Phi) is 42.5. The summed E-state index contributed by atoms with van der Waals surface area (Å²) in [7, 11) is -9.72. The van der Waals surface area contributed by atoms with Crippen LogP contribution >= 0.6 is 15.6 Å². The summed E-state index contributed by atoms with van der Waals surface area (Å²) in [6.45, 7) is 3.90. The number of carbonyl (C=O) groups is 3. The fourth-order valence-corrected chi connectivity index (χ4v) is 7.93. The smallest absolute Gasteiger partial charge is 0.462 e. The summed E-state index contributed by atoms with van der Waals surface area (Å²) < 4.78 is 47.8. The molecule has 0 fully saturated rings. The predicted molar refractivity (Wildman–Crippen MR) is 263 cm³/mol. The highest BCUT2D eigenvalue weighted by Gasteiger charge is 2.28. The van der Waals surface area contributed by atoms with Gasteiger partial charge >= 0.3 is 27.6 Å². The molecular formula is C50H90O14P2. The van der Waals surface area contributed by atoms with Crippen LogP contribution in [-0.2, 0) is 46.6 Å². The Morgan fingerprint density at radius 1 is 0.530 bits per heavy atom. The molecule has 0 saturated carbocycles. The lowest BCUT2D eigenvalue weighted by molar-refractivity contribution is -0.161. The van der Waals surface area contributed by atoms with Gasteiger partial charge in [0.1, 0.15) is 12.7 Å². The average molecular weight is 977 g/mol. The predicted octanol–water partition coefficient (Wildman–Crippen LogP) is 12.8. The van der Waals surface area contributed by atoms with Crippen LogP contribution in [0.2, 0.25) is 0 Å². The van der Waals surface area contributed by atoms with Crippen LogP contribution in [0.3, 0.4) is 0 Å². The molecule has 0 heterocycles. The van der Waals surface area contributed by atoms with Gasteiger partial charge in [-0.15, -0.1) is 0 Å². The van der Waals surface area contributed by atoms with Gasteiger partial charge in [0.25, 0.3) is 0 Å². The van der Waals surface area contributed by atoms with E-state index in [1.54, 1.807) is 12.2 Å². The molecule has 0 saturated heterocycles. The molecular weight excluding hydrogens is 886 g/mol. The van der Waals surface area contributed by atoms with E-state index in [0.29, 0.717) is 32.1 Å². The third-order valence-corrected chi connectivity index (χ3v) is 12.1. The molecule has 0 aliphatic rings. The Balaban J connectivity index is 4.50. The molecule has 0 amide bonds. The molecule has 0 radical (unpaired) electrons. The molecule has 0 aromatic rings. The van der Waals surface area contributed by atoms with Gasteiger partial charge in [-0.2, -0.15) is 0 Å². The fraction of sp³-hybridized carbons (Fsp3) is 0.780. The van der Waals surface area contributed by atoms with E-state index >= 15 is 0 Å². The lowest BCUT2D eigenvalue weighted by Gasteiger charge is -2.20. The van der Waals surface area contributed by atoms with Crippen LogP contribution in [0.4, 0.5) is 0 Å². The topological polar surface area (TPSA) is 212 Å². The van der Waals surface area contributed by atoms with Crippen molar-refractivity contribution in [2.24, 2.45) is 5.92 Å². The third-order valence-electron chi connectivity index (χ3n) is 10.6. The zero-order valence-electron chi connectivity index (χ0n) is 41.0. The van der Waals surface area contributed by atoms with Gasteiger partial charge in [-0.25, -0.2) is 9.13 Å². The number of hydrogen-bond acceptors (Lipinski definition) is 11. The van der Waals surface area contributed by atoms with E-state index in [9.17, 15) is 33.5 Å². The van der Waals surface area contributed by atoms with Crippen molar-refractivity contribution in [1.82, 2.24) is 0 Å². The highest BCUT2D eigenvalue weighted by atomic mass is 31.2. The highest BCUT2D eigenvalue weighted by Crippen LogP contribution is 2.44. The molecule has 3 atom stereocenters. The number of ether oxygens (including phenoxy) is 2. The maximum atomic E-state index is 12.7. The van der Waals surface area contributed by atoms with E-state index < -0.39 is 66.2 Å². The SMILES string of the molecule is CCCCCC(=O)/C=C/C=C\C/C=C\C/C=C\CCCC(=O)O[C@H](COC(=O)CCCCCCCCCCCCCCCCCCCCC(C)C)COP(=O)(O)OC[C@@H](O)COP(=O)(O)O. The largest absolute Gasteiger partial charge is 0.472 e. The van der Waals surface area contributed by atoms with Crippen LogP contribution in [-0.4, -0.2) is 76.1 Å². The zero-order valence-corrected chi connectivity index (χ0v) is 42.7. The average Bonchev–Trinajstić information content (AvgIpc) is 3.26. The maximum Gasteiger partial charge on any atom is 0.472 e. The van der Waals surface area contributed by atoms with Crippen LogP contribution in [0.5, 0.6) is 0 Å². The van der Waals surface area contributed by atoms with Crippen molar-refractivity contribution in [3.63, 3.8) is 0 Å². The number of allylic oxidation sites excluding steroid dienone is 8. The molecule has 0 spiro atoms. The summed E-state index contributed by atoms with van der Waals surface area (Å²) in [5.74, 6) is -0.153. The number of rotatable bonds is 47. The number of aliphatic hydroxyl groups is 1. The quantitative estimate of drug-likeness (QED) is 0.0112. The second-order valence-corrected chi connectivity index (χ2v) is 20.3. The van der Waals surface area contributed by atoms with Gasteiger partial charge in [-0.3, -0.25) is 28.0 Å². The van der Waals surface area contributed by atoms with Crippen LogP contribution in [0.1, 0.15) is 207 Å². The summed E-state index contributed by atoms with van der Waals surface area (Å²) >= 11 is 0. The molecule has 0 aromatic heterocycles. The minimum atomic E-state index is -4.88. The van der Waals surface area contributed by atoms with Gasteiger partial charge in [-0.05, 0) is 50.5 Å². The number of aliphatic hydroxyl groups excluding tert-OH is 1. The van der Waals surface area contributed by atoms with Crippen LogP contribution in [0, 0.1) is 5.92 Å². The van der Waals surface area contributed by atoms with E-state index in [-0.39, 0.29) is 18.6 Å². The van der Waals surface area contributed by atoms with Crippen molar-refractivity contribution < 1.29 is 66.3 Å². The molecule has 0 aromatic carbocycles. The standard InChI is InChI=1S/C50H90O14P2/c1-4-5-31-37-46(51)38-33-28-24-20-16-14-18-22-26-30-35-40-50(54)64-48(44-63-66(58,59)62-42-47(52)41-61-65(55,56)57)43-60-49(53)39-34-29-25-21-17-13-11-9-7-6-8-10-12-15-19-23-27-32-36-45(2)3/h14,16,22,24,26,28,33,38,45,47-48,52H,4-13,15,17-21,23,25,27,29-32,34-37,39-44H2,1-3H3,(H,58,59)(H2,55,56,57)/b16-14-,26-22-,28-24-,38-33+/t47-,48+/m0/s1. The summed E-state index contributed by atoms with van der Waals surface area (Å²) in [6.07, 6.45) is 42.4. The third kappa shape index (κ3) is 48.2. The van der Waals surface area contributed by atoms with Gasteiger partial charge in [0, 0.05) is 19.3 Å². The Morgan fingerprint density at radius 3 is 1.58 bits per heavy atom. The van der Waals surface area contributed by atoms with Crippen molar-refractivity contribution >= 4 is 33.4 Å².